The second-order valence-corrected chi connectivity index (χ2v) is 10.7. The number of esters is 1. The summed E-state index contributed by atoms with van der Waals surface area (Å²) >= 11 is 0. The van der Waals surface area contributed by atoms with Gasteiger partial charge in [-0.15, -0.1) is 9.24 Å². The Bertz CT molecular complexity index is 1450. The van der Waals surface area contributed by atoms with Crippen LogP contribution in [-0.2, 0) is 22.8 Å². The molecule has 0 amide bonds. The largest absolute Gasteiger partial charge is 0.422 e. The minimum atomic E-state index is -3.99. The molecule has 4 rings (SSSR count). The van der Waals surface area contributed by atoms with Crippen molar-refractivity contribution in [2.24, 2.45) is 0 Å². The van der Waals surface area contributed by atoms with Gasteiger partial charge in [0.05, 0.1) is 22.1 Å². The van der Waals surface area contributed by atoms with Crippen molar-refractivity contribution in [1.29, 1.82) is 0 Å². The summed E-state index contributed by atoms with van der Waals surface area (Å²) in [5.74, 6) is -0.116. The Balaban J connectivity index is 1.80. The second kappa shape index (κ2) is 10.4. The minimum Gasteiger partial charge on any atom is -0.422 e. The van der Waals surface area contributed by atoms with E-state index in [1.54, 1.807) is 0 Å². The first-order chi connectivity index (χ1) is 16.7. The Morgan fingerprint density at radius 2 is 1.49 bits per heavy atom. The van der Waals surface area contributed by atoms with Gasteiger partial charge < -0.3 is 4.74 Å². The average molecular weight is 511 g/mol. The van der Waals surface area contributed by atoms with Crippen molar-refractivity contribution >= 4 is 47.1 Å². The number of unbranched alkanes of at least 4 members (excludes halogenated alkanes) is 1. The molecule has 0 aliphatic rings. The molecule has 0 saturated heterocycles. The summed E-state index contributed by atoms with van der Waals surface area (Å²) in [7, 11) is -1.28. The fourth-order valence-corrected chi connectivity index (χ4v) is 5.40. The number of nitrogens with zero attached hydrogens (tertiary/aromatic N) is 1. The summed E-state index contributed by atoms with van der Waals surface area (Å²) in [4.78, 5) is 13.7. The molecular formula is C27H29NO5PS+. The number of carbonyl (C=O) groups is 1. The van der Waals surface area contributed by atoms with E-state index in [1.807, 2.05) is 74.5 Å². The standard InChI is InChI=1S/C27H28NO5PS/c1-18-15-20(17-34)16-19(2)26(18)33-27(29)25-21-9-3-5-11-23(21)28(13-7-8-14-35(30,31)32)24-12-6-4-10-22(24)25/h3-6,9-12,15-16H,7-8,13-14,17,34H2,1-2H3/p+1. The van der Waals surface area contributed by atoms with Gasteiger partial charge in [0, 0.05) is 18.6 Å². The molecule has 0 fully saturated rings. The number of benzene rings is 3. The molecule has 6 nitrogen and oxygen atoms in total. The molecule has 1 N–H and O–H groups in total. The average Bonchev–Trinajstić information content (AvgIpc) is 2.82. The van der Waals surface area contributed by atoms with E-state index < -0.39 is 16.1 Å². The van der Waals surface area contributed by atoms with Crippen molar-refractivity contribution in [3.05, 3.63) is 82.9 Å². The van der Waals surface area contributed by atoms with Gasteiger partial charge in [-0.2, -0.15) is 13.0 Å². The molecule has 0 spiro atoms. The molecule has 4 aromatic rings. The molecule has 182 valence electrons. The first kappa shape index (κ1) is 25.2. The third kappa shape index (κ3) is 5.53. The Kier molecular flexibility index (Phi) is 7.50. The van der Waals surface area contributed by atoms with E-state index in [0.717, 1.165) is 44.7 Å². The SMILES string of the molecule is Cc1cc(CP)cc(C)c1OC(=O)c1c2ccccc2[n+](CCCCS(=O)(=O)O)c2ccccc12. The van der Waals surface area contributed by atoms with Gasteiger partial charge in [-0.1, -0.05) is 36.4 Å². The molecule has 0 radical (unpaired) electrons. The third-order valence-electron chi connectivity index (χ3n) is 6.12. The molecule has 3 aromatic carbocycles. The fourth-order valence-electron chi connectivity index (χ4n) is 4.59. The lowest BCUT2D eigenvalue weighted by Gasteiger charge is -2.15. The van der Waals surface area contributed by atoms with Crippen LogP contribution < -0.4 is 9.30 Å². The number of fused-ring (bicyclic) bond motifs is 2. The zero-order valence-electron chi connectivity index (χ0n) is 19.8. The van der Waals surface area contributed by atoms with Crippen molar-refractivity contribution in [3.63, 3.8) is 0 Å². The Morgan fingerprint density at radius 3 is 2.00 bits per heavy atom. The highest BCUT2D eigenvalue weighted by Crippen LogP contribution is 2.30. The van der Waals surface area contributed by atoms with Gasteiger partial charge >= 0.3 is 5.97 Å². The van der Waals surface area contributed by atoms with Crippen molar-refractivity contribution < 1.29 is 27.1 Å². The van der Waals surface area contributed by atoms with Crippen LogP contribution in [-0.4, -0.2) is 24.7 Å². The number of aryl methyl sites for hydroxylation is 3. The highest BCUT2D eigenvalue weighted by atomic mass is 32.2. The first-order valence-electron chi connectivity index (χ1n) is 11.5. The van der Waals surface area contributed by atoms with Gasteiger partial charge in [0.15, 0.2) is 0 Å². The van der Waals surface area contributed by atoms with Gasteiger partial charge in [0.1, 0.15) is 12.3 Å². The van der Waals surface area contributed by atoms with Gasteiger partial charge in [0.25, 0.3) is 10.1 Å². The fraction of sp³-hybridized carbons (Fsp3) is 0.259. The molecular weight excluding hydrogens is 481 g/mol. The summed E-state index contributed by atoms with van der Waals surface area (Å²) in [6.45, 7) is 4.43. The quantitative estimate of drug-likeness (QED) is 0.0673. The van der Waals surface area contributed by atoms with Crippen LogP contribution in [0.4, 0.5) is 0 Å². The predicted molar refractivity (Wildman–Crippen MR) is 142 cm³/mol. The highest BCUT2D eigenvalue weighted by molar-refractivity contribution is 7.85. The van der Waals surface area contributed by atoms with E-state index >= 15 is 0 Å². The Hall–Kier alpha value is -2.86. The van der Waals surface area contributed by atoms with Gasteiger partial charge in [-0.3, -0.25) is 4.55 Å². The maximum atomic E-state index is 13.7. The Morgan fingerprint density at radius 1 is 0.943 bits per heavy atom. The zero-order valence-corrected chi connectivity index (χ0v) is 21.8. The van der Waals surface area contributed by atoms with Crippen LogP contribution in [0.15, 0.2) is 60.7 Å². The maximum absolute atomic E-state index is 13.7. The normalized spacial score (nSPS) is 11.8. The van der Waals surface area contributed by atoms with Crippen LogP contribution >= 0.6 is 9.24 Å². The number of pyridine rings is 1. The van der Waals surface area contributed by atoms with E-state index in [2.05, 4.69) is 13.8 Å². The molecule has 0 bridgehead atoms. The van der Waals surface area contributed by atoms with Crippen LogP contribution in [0.2, 0.25) is 0 Å². The van der Waals surface area contributed by atoms with E-state index in [4.69, 9.17) is 9.29 Å². The minimum absolute atomic E-state index is 0.276. The molecule has 0 saturated carbocycles. The van der Waals surface area contributed by atoms with Crippen LogP contribution in [0.1, 0.15) is 39.9 Å². The molecule has 1 aromatic heterocycles. The zero-order chi connectivity index (χ0) is 25.2. The van der Waals surface area contributed by atoms with Crippen LogP contribution in [0.25, 0.3) is 21.8 Å². The van der Waals surface area contributed by atoms with Gasteiger partial charge in [0.2, 0.25) is 11.0 Å². The van der Waals surface area contributed by atoms with Crippen LogP contribution in [0.3, 0.4) is 0 Å². The number of rotatable bonds is 8. The topological polar surface area (TPSA) is 84.5 Å². The summed E-state index contributed by atoms with van der Waals surface area (Å²) in [6, 6.07) is 19.4. The lowest BCUT2D eigenvalue weighted by atomic mass is 10.0. The summed E-state index contributed by atoms with van der Waals surface area (Å²) in [5.41, 5.74) is 5.20. The van der Waals surface area contributed by atoms with E-state index in [0.29, 0.717) is 30.7 Å². The highest BCUT2D eigenvalue weighted by Gasteiger charge is 2.26. The Labute approximate surface area is 207 Å². The third-order valence-corrected chi connectivity index (χ3v) is 7.39. The van der Waals surface area contributed by atoms with Crippen LogP contribution in [0.5, 0.6) is 5.75 Å². The lowest BCUT2D eigenvalue weighted by Crippen LogP contribution is -2.37. The molecule has 1 atom stereocenters. The maximum Gasteiger partial charge on any atom is 0.345 e. The van der Waals surface area contributed by atoms with Crippen molar-refractivity contribution in [1.82, 2.24) is 0 Å². The number of hydrogen-bond donors (Lipinski definition) is 1. The van der Waals surface area contributed by atoms with Gasteiger partial charge in [-0.25, -0.2) is 4.79 Å². The summed E-state index contributed by atoms with van der Waals surface area (Å²) in [5, 5.41) is 1.53. The number of hydrogen-bond acceptors (Lipinski definition) is 4. The smallest absolute Gasteiger partial charge is 0.345 e. The van der Waals surface area contributed by atoms with Crippen molar-refractivity contribution in [2.75, 3.05) is 5.75 Å². The monoisotopic (exact) mass is 510 g/mol. The second-order valence-electron chi connectivity index (χ2n) is 8.71. The molecule has 0 aliphatic carbocycles. The molecule has 0 aliphatic heterocycles. The van der Waals surface area contributed by atoms with Crippen molar-refractivity contribution in [2.45, 2.75) is 39.4 Å². The summed E-state index contributed by atoms with van der Waals surface area (Å²) < 4.78 is 39.4. The molecule has 1 heterocycles. The molecule has 35 heavy (non-hydrogen) atoms. The van der Waals surface area contributed by atoms with E-state index in [1.165, 1.54) is 0 Å². The molecule has 8 heteroatoms. The van der Waals surface area contributed by atoms with E-state index in [9.17, 15) is 13.2 Å². The predicted octanol–water partition coefficient (Wildman–Crippen LogP) is 5.16. The molecule has 1 unspecified atom stereocenters. The van der Waals surface area contributed by atoms with Gasteiger partial charge in [-0.05, 0) is 55.3 Å². The van der Waals surface area contributed by atoms with Crippen LogP contribution in [0, 0.1) is 13.8 Å². The number of ether oxygens (including phenoxy) is 1. The summed E-state index contributed by atoms with van der Waals surface area (Å²) in [6.07, 6.45) is 1.72. The number of para-hydroxylation sites is 2. The lowest BCUT2D eigenvalue weighted by molar-refractivity contribution is -0.645. The first-order valence-corrected chi connectivity index (χ1v) is 13.9. The van der Waals surface area contributed by atoms with E-state index in [-0.39, 0.29) is 5.75 Å². The van der Waals surface area contributed by atoms with Crippen molar-refractivity contribution in [3.8, 4) is 5.75 Å². The number of carbonyl (C=O) groups excluding carboxylic acids is 1. The number of aromatic nitrogens is 1.